The van der Waals surface area contributed by atoms with Crippen molar-refractivity contribution in [3.05, 3.63) is 45.4 Å². The van der Waals surface area contributed by atoms with E-state index in [1.165, 1.54) is 22.9 Å². The standard InChI is InChI=1S/C15H15N3OS2/c1-9-4-10(2)6-12(5-9)14-17-18-15(19-14)21-8-13-7-20-11(3)16-13/h4-7H,8H2,1-3H3. The molecule has 6 heteroatoms. The zero-order valence-electron chi connectivity index (χ0n) is 12.1. The zero-order chi connectivity index (χ0) is 14.8. The predicted molar refractivity (Wildman–Crippen MR) is 85.6 cm³/mol. The van der Waals surface area contributed by atoms with E-state index >= 15 is 0 Å². The lowest BCUT2D eigenvalue weighted by Crippen LogP contribution is -1.82. The molecule has 0 unspecified atom stereocenters. The molecule has 3 aromatic rings. The van der Waals surface area contributed by atoms with Gasteiger partial charge in [0.1, 0.15) is 0 Å². The highest BCUT2D eigenvalue weighted by Gasteiger charge is 2.10. The molecular formula is C15H15N3OS2. The van der Waals surface area contributed by atoms with Crippen LogP contribution in [0.1, 0.15) is 21.8 Å². The van der Waals surface area contributed by atoms with E-state index < -0.39 is 0 Å². The Kier molecular flexibility index (Phi) is 4.07. The Morgan fingerprint density at radius 1 is 1.10 bits per heavy atom. The van der Waals surface area contributed by atoms with E-state index in [0.29, 0.717) is 11.1 Å². The highest BCUT2D eigenvalue weighted by atomic mass is 32.2. The molecule has 0 atom stereocenters. The molecule has 0 amide bonds. The molecule has 4 nitrogen and oxygen atoms in total. The van der Waals surface area contributed by atoms with Crippen LogP contribution in [0.15, 0.2) is 33.2 Å². The molecule has 2 aromatic heterocycles. The lowest BCUT2D eigenvalue weighted by Gasteiger charge is -2.00. The second-order valence-corrected chi connectivity index (χ2v) is 6.88. The molecule has 0 radical (unpaired) electrons. The van der Waals surface area contributed by atoms with Crippen LogP contribution in [0.25, 0.3) is 11.5 Å². The van der Waals surface area contributed by atoms with Crippen LogP contribution in [0.3, 0.4) is 0 Å². The molecule has 0 aliphatic carbocycles. The zero-order valence-corrected chi connectivity index (χ0v) is 13.7. The Morgan fingerprint density at radius 3 is 2.52 bits per heavy atom. The minimum atomic E-state index is 0.568. The number of aromatic nitrogens is 3. The van der Waals surface area contributed by atoms with Crippen LogP contribution < -0.4 is 0 Å². The van der Waals surface area contributed by atoms with Gasteiger partial charge in [-0.2, -0.15) is 0 Å². The van der Waals surface area contributed by atoms with E-state index in [0.717, 1.165) is 22.0 Å². The van der Waals surface area contributed by atoms with Gasteiger partial charge in [0.2, 0.25) is 5.89 Å². The molecular weight excluding hydrogens is 302 g/mol. The van der Waals surface area contributed by atoms with E-state index in [1.807, 2.05) is 6.92 Å². The minimum Gasteiger partial charge on any atom is -0.411 e. The Bertz CT molecular complexity index is 744. The van der Waals surface area contributed by atoms with Crippen molar-refractivity contribution in [1.82, 2.24) is 15.2 Å². The molecule has 108 valence electrons. The molecule has 0 bridgehead atoms. The fourth-order valence-electron chi connectivity index (χ4n) is 2.09. The summed E-state index contributed by atoms with van der Waals surface area (Å²) in [5.74, 6) is 1.32. The fourth-order valence-corrected chi connectivity index (χ4v) is 3.47. The van der Waals surface area contributed by atoms with Gasteiger partial charge in [0.15, 0.2) is 0 Å². The third-order valence-electron chi connectivity index (χ3n) is 2.89. The van der Waals surface area contributed by atoms with E-state index in [-0.39, 0.29) is 0 Å². The Balaban J connectivity index is 1.73. The van der Waals surface area contributed by atoms with Crippen molar-refractivity contribution < 1.29 is 4.42 Å². The van der Waals surface area contributed by atoms with Crippen LogP contribution in [0, 0.1) is 20.8 Å². The molecule has 0 aliphatic rings. The summed E-state index contributed by atoms with van der Waals surface area (Å²) in [5, 5.41) is 11.9. The summed E-state index contributed by atoms with van der Waals surface area (Å²) < 4.78 is 5.72. The molecule has 3 rings (SSSR count). The van der Waals surface area contributed by atoms with Crippen molar-refractivity contribution in [2.24, 2.45) is 0 Å². The number of benzene rings is 1. The van der Waals surface area contributed by atoms with Crippen molar-refractivity contribution >= 4 is 23.1 Å². The Morgan fingerprint density at radius 2 is 1.86 bits per heavy atom. The van der Waals surface area contributed by atoms with Gasteiger partial charge in [-0.25, -0.2) is 4.98 Å². The van der Waals surface area contributed by atoms with Crippen molar-refractivity contribution in [3.8, 4) is 11.5 Å². The summed E-state index contributed by atoms with van der Waals surface area (Å²) in [6, 6.07) is 6.23. The van der Waals surface area contributed by atoms with Gasteiger partial charge in [-0.15, -0.1) is 21.5 Å². The van der Waals surface area contributed by atoms with Crippen molar-refractivity contribution in [2.45, 2.75) is 31.7 Å². The van der Waals surface area contributed by atoms with Crippen LogP contribution in [-0.4, -0.2) is 15.2 Å². The van der Waals surface area contributed by atoms with Gasteiger partial charge in [0.05, 0.1) is 10.7 Å². The first-order valence-corrected chi connectivity index (χ1v) is 8.42. The quantitative estimate of drug-likeness (QED) is 0.667. The molecule has 0 fully saturated rings. The average Bonchev–Trinajstić information content (AvgIpc) is 3.04. The van der Waals surface area contributed by atoms with Crippen LogP contribution in [0.2, 0.25) is 0 Å². The number of nitrogens with zero attached hydrogens (tertiary/aromatic N) is 3. The molecule has 0 spiro atoms. The minimum absolute atomic E-state index is 0.568. The number of thioether (sulfide) groups is 1. The molecule has 0 saturated carbocycles. The molecule has 1 aromatic carbocycles. The molecule has 0 aliphatic heterocycles. The monoisotopic (exact) mass is 317 g/mol. The van der Waals surface area contributed by atoms with Crippen LogP contribution in [0.4, 0.5) is 0 Å². The number of hydrogen-bond donors (Lipinski definition) is 0. The van der Waals surface area contributed by atoms with Gasteiger partial charge in [0.25, 0.3) is 5.22 Å². The van der Waals surface area contributed by atoms with Crippen molar-refractivity contribution in [2.75, 3.05) is 0 Å². The van der Waals surface area contributed by atoms with E-state index in [4.69, 9.17) is 4.42 Å². The summed E-state index contributed by atoms with van der Waals surface area (Å²) in [5.41, 5.74) is 4.40. The summed E-state index contributed by atoms with van der Waals surface area (Å²) in [7, 11) is 0. The first-order chi connectivity index (χ1) is 10.1. The first-order valence-electron chi connectivity index (χ1n) is 6.56. The highest BCUT2D eigenvalue weighted by Crippen LogP contribution is 2.27. The third kappa shape index (κ3) is 3.51. The second kappa shape index (κ2) is 5.99. The predicted octanol–water partition coefficient (Wildman–Crippen LogP) is 4.41. The van der Waals surface area contributed by atoms with Crippen molar-refractivity contribution in [3.63, 3.8) is 0 Å². The number of thiazole rings is 1. The van der Waals surface area contributed by atoms with E-state index in [9.17, 15) is 0 Å². The van der Waals surface area contributed by atoms with Crippen LogP contribution >= 0.6 is 23.1 Å². The lowest BCUT2D eigenvalue weighted by molar-refractivity contribution is 0.465. The van der Waals surface area contributed by atoms with Gasteiger partial charge < -0.3 is 4.42 Å². The fraction of sp³-hybridized carbons (Fsp3) is 0.267. The van der Waals surface area contributed by atoms with Gasteiger partial charge >= 0.3 is 0 Å². The Labute approximate surface area is 131 Å². The first kappa shape index (κ1) is 14.3. The highest BCUT2D eigenvalue weighted by molar-refractivity contribution is 7.98. The Hall–Kier alpha value is -1.66. The van der Waals surface area contributed by atoms with Gasteiger partial charge in [0, 0.05) is 16.7 Å². The second-order valence-electron chi connectivity index (χ2n) is 4.90. The van der Waals surface area contributed by atoms with Gasteiger partial charge in [-0.05, 0) is 32.9 Å². The number of rotatable bonds is 4. The van der Waals surface area contributed by atoms with Gasteiger partial charge in [-0.1, -0.05) is 29.0 Å². The largest absolute Gasteiger partial charge is 0.411 e. The number of aryl methyl sites for hydroxylation is 3. The summed E-state index contributed by atoms with van der Waals surface area (Å²) >= 11 is 3.17. The van der Waals surface area contributed by atoms with E-state index in [1.54, 1.807) is 11.3 Å². The molecule has 0 N–H and O–H groups in total. The normalized spacial score (nSPS) is 11.0. The SMILES string of the molecule is Cc1cc(C)cc(-c2nnc(SCc3csc(C)n3)o2)c1. The molecule has 0 saturated heterocycles. The van der Waals surface area contributed by atoms with Crippen molar-refractivity contribution in [1.29, 1.82) is 0 Å². The van der Waals surface area contributed by atoms with Crippen LogP contribution in [-0.2, 0) is 5.75 Å². The summed E-state index contributed by atoms with van der Waals surface area (Å²) in [4.78, 5) is 4.42. The maximum atomic E-state index is 5.72. The summed E-state index contributed by atoms with van der Waals surface area (Å²) in [6.45, 7) is 6.13. The smallest absolute Gasteiger partial charge is 0.277 e. The maximum Gasteiger partial charge on any atom is 0.277 e. The lowest BCUT2D eigenvalue weighted by atomic mass is 10.1. The van der Waals surface area contributed by atoms with Crippen LogP contribution in [0.5, 0.6) is 0 Å². The van der Waals surface area contributed by atoms with E-state index in [2.05, 4.69) is 52.6 Å². The topological polar surface area (TPSA) is 51.8 Å². The maximum absolute atomic E-state index is 5.72. The average molecular weight is 317 g/mol. The molecule has 21 heavy (non-hydrogen) atoms. The molecule has 2 heterocycles. The number of hydrogen-bond acceptors (Lipinski definition) is 6. The van der Waals surface area contributed by atoms with Gasteiger partial charge in [-0.3, -0.25) is 0 Å². The summed E-state index contributed by atoms with van der Waals surface area (Å²) in [6.07, 6.45) is 0. The third-order valence-corrected chi connectivity index (χ3v) is 4.56.